The molecular weight excluding hydrogens is 1260 g/mol. The first-order chi connectivity index (χ1) is 46.4. The predicted molar refractivity (Wildman–Crippen MR) is 391 cm³/mol. The van der Waals surface area contributed by atoms with Crippen LogP contribution in [0.25, 0.3) is 0 Å². The Kier molecular flexibility index (Phi) is 67.4. The Labute approximate surface area is 588 Å². The smallest absolute Gasteiger partial charge is 0.462 e. The normalized spacial score (nSPS) is 14.3. The molecule has 6 atom stereocenters. The summed E-state index contributed by atoms with van der Waals surface area (Å²) in [7, 11) is -9.91. The van der Waals surface area contributed by atoms with Crippen molar-refractivity contribution in [2.45, 2.75) is 419 Å². The van der Waals surface area contributed by atoms with Crippen LogP contribution in [0, 0.1) is 11.8 Å². The van der Waals surface area contributed by atoms with Crippen LogP contribution in [0.2, 0.25) is 0 Å². The van der Waals surface area contributed by atoms with E-state index in [9.17, 15) is 43.2 Å². The van der Waals surface area contributed by atoms with Gasteiger partial charge in [-0.1, -0.05) is 350 Å². The van der Waals surface area contributed by atoms with E-state index in [0.717, 1.165) is 102 Å². The predicted octanol–water partition coefficient (Wildman–Crippen LogP) is 22.7. The monoisotopic (exact) mass is 1410 g/mol. The minimum absolute atomic E-state index is 0.106. The highest BCUT2D eigenvalue weighted by Crippen LogP contribution is 2.45. The van der Waals surface area contributed by atoms with Gasteiger partial charge >= 0.3 is 39.5 Å². The molecule has 0 saturated heterocycles. The van der Waals surface area contributed by atoms with E-state index in [4.69, 9.17) is 37.0 Å². The lowest BCUT2D eigenvalue weighted by atomic mass is 9.99. The Morgan fingerprint density at radius 3 is 0.792 bits per heavy atom. The van der Waals surface area contributed by atoms with Gasteiger partial charge in [-0.2, -0.15) is 0 Å². The summed E-state index contributed by atoms with van der Waals surface area (Å²) in [5.74, 6) is -0.538. The van der Waals surface area contributed by atoms with Gasteiger partial charge in [0.1, 0.15) is 19.3 Å². The van der Waals surface area contributed by atoms with Gasteiger partial charge in [-0.15, -0.1) is 0 Å². The van der Waals surface area contributed by atoms with Crippen molar-refractivity contribution in [2.24, 2.45) is 11.8 Å². The number of carbonyl (C=O) groups excluding carboxylic acids is 4. The second-order valence-electron chi connectivity index (χ2n) is 28.5. The highest BCUT2D eigenvalue weighted by atomic mass is 31.2. The molecule has 0 spiro atoms. The third-order valence-corrected chi connectivity index (χ3v) is 20.2. The fraction of sp³-hybridized carbons (Fsp3) is 0.948. The molecule has 0 aliphatic rings. The van der Waals surface area contributed by atoms with E-state index in [1.165, 1.54) is 212 Å². The quantitative estimate of drug-likeness (QED) is 0.0222. The van der Waals surface area contributed by atoms with Crippen molar-refractivity contribution in [1.29, 1.82) is 0 Å². The summed E-state index contributed by atoms with van der Waals surface area (Å²) in [6, 6.07) is 0. The van der Waals surface area contributed by atoms with Crippen molar-refractivity contribution in [2.75, 3.05) is 39.6 Å². The molecule has 3 N–H and O–H groups in total. The average Bonchev–Trinajstić information content (AvgIpc) is 1.15. The topological polar surface area (TPSA) is 237 Å². The Bertz CT molecular complexity index is 1860. The SMILES string of the molecule is CCCCCCCCCCCCCCCC(=O)OC[C@H](COP(=O)(O)OC[C@@H](O)COP(=O)(O)OC[C@@H](COC(=O)CCCCCCCCCC(C)C)OC(=O)CCCCCCCCCCCCC)OC(=O)CCCCCCCCCCCCCCCCCCCCC(C)CC. The van der Waals surface area contributed by atoms with Crippen molar-refractivity contribution >= 4 is 39.5 Å². The lowest BCUT2D eigenvalue weighted by Gasteiger charge is -2.21. The number of aliphatic hydroxyl groups is 1. The molecule has 0 aliphatic carbocycles. The molecule has 0 amide bonds. The first-order valence-electron chi connectivity index (χ1n) is 40.0. The molecule has 0 rings (SSSR count). The van der Waals surface area contributed by atoms with Crippen LogP contribution < -0.4 is 0 Å². The molecule has 0 aromatic rings. The van der Waals surface area contributed by atoms with E-state index in [1.54, 1.807) is 0 Å². The van der Waals surface area contributed by atoms with Gasteiger partial charge in [0.15, 0.2) is 12.2 Å². The van der Waals surface area contributed by atoms with Crippen LogP contribution in [0.1, 0.15) is 401 Å². The highest BCUT2D eigenvalue weighted by molar-refractivity contribution is 7.47. The van der Waals surface area contributed by atoms with Crippen molar-refractivity contribution in [3.05, 3.63) is 0 Å². The number of esters is 4. The molecule has 0 bridgehead atoms. The third kappa shape index (κ3) is 69.2. The standard InChI is InChI=1S/C77H150O17P2/c1-7-10-12-14-16-18-20-27-32-35-41-47-53-59-74(79)87-65-72(93-77(82)62-56-50-43-37-33-29-26-24-22-21-23-25-28-31-34-40-46-52-58-70(6)9-3)67-91-95(83,84)89-63-71(78)64-90-96(85,86)92-68-73(66-88-75(80)60-54-48-44-38-39-45-51-57-69(4)5)94-76(81)61-55-49-42-36-30-19-17-15-13-11-8-2/h69-73,78H,7-68H2,1-6H3,(H,83,84)(H,85,86)/t70?,71-,72-,73-/m1/s1. The zero-order valence-corrected chi connectivity index (χ0v) is 64.5. The minimum Gasteiger partial charge on any atom is -0.462 e. The Balaban J connectivity index is 5.18. The van der Waals surface area contributed by atoms with Crippen LogP contribution >= 0.6 is 15.6 Å². The second kappa shape index (κ2) is 68.8. The van der Waals surface area contributed by atoms with Crippen LogP contribution in [0.3, 0.4) is 0 Å². The number of hydrogen-bond donors (Lipinski definition) is 3. The second-order valence-corrected chi connectivity index (χ2v) is 31.4. The largest absolute Gasteiger partial charge is 0.472 e. The summed E-state index contributed by atoms with van der Waals surface area (Å²) < 4.78 is 68.5. The van der Waals surface area contributed by atoms with Crippen molar-refractivity contribution < 1.29 is 80.2 Å². The number of ether oxygens (including phenoxy) is 4. The van der Waals surface area contributed by atoms with E-state index >= 15 is 0 Å². The Morgan fingerprint density at radius 1 is 0.302 bits per heavy atom. The maximum atomic E-state index is 13.1. The summed E-state index contributed by atoms with van der Waals surface area (Å²) >= 11 is 0. The molecular formula is C77H150O17P2. The van der Waals surface area contributed by atoms with Crippen LogP contribution in [0.5, 0.6) is 0 Å². The van der Waals surface area contributed by atoms with Crippen LogP contribution in [0.4, 0.5) is 0 Å². The van der Waals surface area contributed by atoms with Gasteiger partial charge in [0, 0.05) is 25.7 Å². The molecule has 96 heavy (non-hydrogen) atoms. The molecule has 0 heterocycles. The molecule has 19 heteroatoms. The van der Waals surface area contributed by atoms with E-state index in [2.05, 4.69) is 41.5 Å². The van der Waals surface area contributed by atoms with Crippen LogP contribution in [-0.2, 0) is 65.4 Å². The lowest BCUT2D eigenvalue weighted by Crippen LogP contribution is -2.30. The molecule has 17 nitrogen and oxygen atoms in total. The van der Waals surface area contributed by atoms with Crippen LogP contribution in [0.15, 0.2) is 0 Å². The van der Waals surface area contributed by atoms with Gasteiger partial charge in [-0.25, -0.2) is 9.13 Å². The summed E-state index contributed by atoms with van der Waals surface area (Å²) in [5.41, 5.74) is 0. The molecule has 0 fully saturated rings. The summed E-state index contributed by atoms with van der Waals surface area (Å²) in [5, 5.41) is 10.6. The summed E-state index contributed by atoms with van der Waals surface area (Å²) in [4.78, 5) is 72.8. The Hall–Kier alpha value is -1.94. The fourth-order valence-corrected chi connectivity index (χ4v) is 13.4. The van der Waals surface area contributed by atoms with Gasteiger partial charge in [-0.05, 0) is 37.5 Å². The molecule has 0 aromatic heterocycles. The number of hydrogen-bond acceptors (Lipinski definition) is 15. The highest BCUT2D eigenvalue weighted by Gasteiger charge is 2.30. The lowest BCUT2D eigenvalue weighted by molar-refractivity contribution is -0.161. The fourth-order valence-electron chi connectivity index (χ4n) is 11.8. The number of phosphoric ester groups is 2. The van der Waals surface area contributed by atoms with Gasteiger partial charge in [0.05, 0.1) is 26.4 Å². The van der Waals surface area contributed by atoms with Gasteiger partial charge in [-0.3, -0.25) is 37.3 Å². The molecule has 570 valence electrons. The average molecular weight is 1410 g/mol. The number of unbranched alkanes of at least 4 members (excludes halogenated alkanes) is 45. The third-order valence-electron chi connectivity index (χ3n) is 18.3. The first kappa shape index (κ1) is 94.1. The zero-order valence-electron chi connectivity index (χ0n) is 62.7. The molecule has 0 aliphatic heterocycles. The number of carbonyl (C=O) groups is 4. The Morgan fingerprint density at radius 2 is 0.531 bits per heavy atom. The molecule has 0 aromatic carbocycles. The molecule has 0 radical (unpaired) electrons. The molecule has 3 unspecified atom stereocenters. The maximum Gasteiger partial charge on any atom is 0.472 e. The van der Waals surface area contributed by atoms with E-state index in [-0.39, 0.29) is 25.7 Å². The van der Waals surface area contributed by atoms with Crippen molar-refractivity contribution in [1.82, 2.24) is 0 Å². The number of rotatable bonds is 76. The number of phosphoric acid groups is 2. The van der Waals surface area contributed by atoms with E-state index < -0.39 is 97.5 Å². The van der Waals surface area contributed by atoms with Crippen molar-refractivity contribution in [3.63, 3.8) is 0 Å². The maximum absolute atomic E-state index is 13.1. The summed E-state index contributed by atoms with van der Waals surface area (Å²) in [6.07, 6.45) is 56.9. The minimum atomic E-state index is -4.96. The molecule has 0 saturated carbocycles. The van der Waals surface area contributed by atoms with E-state index in [1.807, 2.05) is 0 Å². The van der Waals surface area contributed by atoms with Gasteiger partial charge < -0.3 is 33.8 Å². The van der Waals surface area contributed by atoms with Gasteiger partial charge in [0.25, 0.3) is 0 Å². The zero-order chi connectivity index (χ0) is 70.7. The first-order valence-corrected chi connectivity index (χ1v) is 43.0. The van der Waals surface area contributed by atoms with Crippen LogP contribution in [-0.4, -0.2) is 96.7 Å². The summed E-state index contributed by atoms with van der Waals surface area (Å²) in [6.45, 7) is 9.61. The van der Waals surface area contributed by atoms with Gasteiger partial charge in [0.2, 0.25) is 0 Å². The van der Waals surface area contributed by atoms with E-state index in [0.29, 0.717) is 31.6 Å². The number of aliphatic hydroxyl groups excluding tert-OH is 1. The van der Waals surface area contributed by atoms with Crippen molar-refractivity contribution in [3.8, 4) is 0 Å².